The number of thiophene rings is 1. The summed E-state index contributed by atoms with van der Waals surface area (Å²) in [4.78, 5) is 5.44. The molecule has 0 aliphatic carbocycles. The molecule has 0 bridgehead atoms. The number of anilines is 1. The van der Waals surface area contributed by atoms with Crippen LogP contribution in [0.4, 0.5) is 5.69 Å². The van der Waals surface area contributed by atoms with E-state index in [1.165, 1.54) is 11.3 Å². The molecule has 2 heterocycles. The SMILES string of the molecule is CCCCS(=O)(=O)c1sc2nc(-c3ccc(Br)cc3)cc(-c3ccccc3)c2c1N. The van der Waals surface area contributed by atoms with Gasteiger partial charge in [-0.25, -0.2) is 13.4 Å². The molecular weight excluding hydrogens is 480 g/mol. The van der Waals surface area contributed by atoms with Crippen molar-refractivity contribution in [1.82, 2.24) is 4.98 Å². The molecule has 0 unspecified atom stereocenters. The molecule has 30 heavy (non-hydrogen) atoms. The van der Waals surface area contributed by atoms with Crippen molar-refractivity contribution in [3.8, 4) is 22.4 Å². The minimum absolute atomic E-state index is 0.0980. The molecule has 0 aliphatic heterocycles. The first-order valence-electron chi connectivity index (χ1n) is 9.68. The number of pyridine rings is 1. The predicted octanol–water partition coefficient (Wildman–Crippen LogP) is 6.55. The molecule has 4 aromatic rings. The third-order valence-electron chi connectivity index (χ3n) is 4.94. The molecule has 4 nitrogen and oxygen atoms in total. The van der Waals surface area contributed by atoms with E-state index in [4.69, 9.17) is 10.7 Å². The van der Waals surface area contributed by atoms with Gasteiger partial charge in [-0.2, -0.15) is 0 Å². The van der Waals surface area contributed by atoms with Crippen LogP contribution in [0.25, 0.3) is 32.6 Å². The van der Waals surface area contributed by atoms with Crippen LogP contribution >= 0.6 is 27.3 Å². The Morgan fingerprint density at radius 1 is 1.03 bits per heavy atom. The second-order valence-electron chi connectivity index (χ2n) is 7.08. The van der Waals surface area contributed by atoms with E-state index < -0.39 is 9.84 Å². The Hall–Kier alpha value is -2.22. The van der Waals surface area contributed by atoms with Crippen LogP contribution < -0.4 is 5.73 Å². The van der Waals surface area contributed by atoms with E-state index in [2.05, 4.69) is 15.9 Å². The zero-order valence-corrected chi connectivity index (χ0v) is 19.6. The van der Waals surface area contributed by atoms with Crippen molar-refractivity contribution in [3.63, 3.8) is 0 Å². The Kier molecular flexibility index (Phi) is 5.95. The fourth-order valence-electron chi connectivity index (χ4n) is 3.37. The summed E-state index contributed by atoms with van der Waals surface area (Å²) in [5, 5.41) is 0.710. The number of rotatable bonds is 6. The molecule has 4 rings (SSSR count). The van der Waals surface area contributed by atoms with Crippen LogP contribution in [-0.2, 0) is 9.84 Å². The van der Waals surface area contributed by atoms with E-state index in [-0.39, 0.29) is 9.96 Å². The highest BCUT2D eigenvalue weighted by atomic mass is 79.9. The van der Waals surface area contributed by atoms with Crippen LogP contribution in [0.15, 0.2) is 69.3 Å². The second-order valence-corrected chi connectivity index (χ2v) is 11.3. The van der Waals surface area contributed by atoms with Crippen molar-refractivity contribution >= 4 is 53.0 Å². The molecule has 2 aromatic heterocycles. The first-order chi connectivity index (χ1) is 14.4. The zero-order chi connectivity index (χ0) is 21.3. The van der Waals surface area contributed by atoms with Gasteiger partial charge >= 0.3 is 0 Å². The molecule has 0 amide bonds. The summed E-state index contributed by atoms with van der Waals surface area (Å²) in [6.45, 7) is 1.98. The van der Waals surface area contributed by atoms with Gasteiger partial charge in [0, 0.05) is 15.4 Å². The van der Waals surface area contributed by atoms with Crippen molar-refractivity contribution in [2.24, 2.45) is 0 Å². The van der Waals surface area contributed by atoms with Crippen LogP contribution in [0.5, 0.6) is 0 Å². The summed E-state index contributed by atoms with van der Waals surface area (Å²) in [6, 6.07) is 19.8. The smallest absolute Gasteiger partial charge is 0.189 e. The molecule has 7 heteroatoms. The van der Waals surface area contributed by atoms with E-state index in [1.807, 2.05) is 67.6 Å². The quantitative estimate of drug-likeness (QED) is 0.325. The minimum Gasteiger partial charge on any atom is -0.396 e. The summed E-state index contributed by atoms with van der Waals surface area (Å²) in [5.41, 5.74) is 10.3. The minimum atomic E-state index is -3.45. The van der Waals surface area contributed by atoms with Crippen LogP contribution in [-0.4, -0.2) is 19.2 Å². The van der Waals surface area contributed by atoms with Gasteiger partial charge in [-0.15, -0.1) is 11.3 Å². The average Bonchev–Trinajstić information content (AvgIpc) is 3.10. The van der Waals surface area contributed by atoms with Crippen LogP contribution in [0.2, 0.25) is 0 Å². The first kappa shape index (κ1) is 21.0. The van der Waals surface area contributed by atoms with E-state index in [0.717, 1.165) is 33.3 Å². The number of sulfone groups is 1. The lowest BCUT2D eigenvalue weighted by molar-refractivity contribution is 0.595. The van der Waals surface area contributed by atoms with E-state index >= 15 is 0 Å². The Labute approximate surface area is 188 Å². The van der Waals surface area contributed by atoms with Gasteiger partial charge in [0.05, 0.1) is 17.1 Å². The molecule has 0 atom stereocenters. The molecular formula is C23H21BrN2O2S2. The number of halogens is 1. The summed E-state index contributed by atoms with van der Waals surface area (Å²) >= 11 is 4.63. The summed E-state index contributed by atoms with van der Waals surface area (Å²) in [7, 11) is -3.45. The van der Waals surface area contributed by atoms with E-state index in [1.54, 1.807) is 0 Å². The van der Waals surface area contributed by atoms with Gasteiger partial charge in [0.15, 0.2) is 9.84 Å². The first-order valence-corrected chi connectivity index (χ1v) is 12.9. The van der Waals surface area contributed by atoms with Crippen LogP contribution in [0, 0.1) is 0 Å². The van der Waals surface area contributed by atoms with Gasteiger partial charge in [-0.1, -0.05) is 71.7 Å². The molecule has 0 radical (unpaired) electrons. The van der Waals surface area contributed by atoms with Gasteiger partial charge in [0.25, 0.3) is 0 Å². The molecule has 2 N–H and O–H groups in total. The number of unbranched alkanes of at least 4 members (excludes halogenated alkanes) is 1. The Morgan fingerprint density at radius 2 is 1.73 bits per heavy atom. The molecule has 2 aromatic carbocycles. The number of benzene rings is 2. The summed E-state index contributed by atoms with van der Waals surface area (Å²) in [5.74, 6) is 0.0980. The van der Waals surface area contributed by atoms with Crippen molar-refractivity contribution < 1.29 is 8.42 Å². The Morgan fingerprint density at radius 3 is 2.40 bits per heavy atom. The topological polar surface area (TPSA) is 73.0 Å². The fourth-order valence-corrected chi connectivity index (χ4v) is 6.78. The number of nitrogens with two attached hydrogens (primary N) is 1. The van der Waals surface area contributed by atoms with Gasteiger partial charge in [0.2, 0.25) is 0 Å². The number of nitrogens with zero attached hydrogens (tertiary/aromatic N) is 1. The third-order valence-corrected chi connectivity index (χ3v) is 8.98. The van der Waals surface area contributed by atoms with Gasteiger partial charge in [-0.05, 0) is 35.7 Å². The van der Waals surface area contributed by atoms with Gasteiger partial charge in [-0.3, -0.25) is 0 Å². The normalized spacial score (nSPS) is 11.8. The molecule has 0 fully saturated rings. The maximum absolute atomic E-state index is 12.9. The third kappa shape index (κ3) is 4.02. The van der Waals surface area contributed by atoms with Crippen molar-refractivity contribution in [2.75, 3.05) is 11.5 Å². The molecule has 0 saturated heterocycles. The van der Waals surface area contributed by atoms with E-state index in [0.29, 0.717) is 22.3 Å². The van der Waals surface area contributed by atoms with Gasteiger partial charge < -0.3 is 5.73 Å². The largest absolute Gasteiger partial charge is 0.396 e. The highest BCUT2D eigenvalue weighted by Gasteiger charge is 2.25. The summed E-state index contributed by atoms with van der Waals surface area (Å²) < 4.78 is 27.1. The maximum atomic E-state index is 12.9. The number of fused-ring (bicyclic) bond motifs is 1. The Balaban J connectivity index is 1.99. The molecule has 0 saturated carbocycles. The molecule has 0 aliphatic rings. The number of nitrogen functional groups attached to an aromatic ring is 1. The number of hydrogen-bond acceptors (Lipinski definition) is 5. The monoisotopic (exact) mass is 500 g/mol. The Bertz CT molecular complexity index is 1300. The second kappa shape index (κ2) is 8.49. The maximum Gasteiger partial charge on any atom is 0.189 e. The van der Waals surface area contributed by atoms with Crippen molar-refractivity contribution in [1.29, 1.82) is 0 Å². The van der Waals surface area contributed by atoms with Crippen LogP contribution in [0.1, 0.15) is 19.8 Å². The fraction of sp³-hybridized carbons (Fsp3) is 0.174. The van der Waals surface area contributed by atoms with Crippen LogP contribution in [0.3, 0.4) is 0 Å². The zero-order valence-electron chi connectivity index (χ0n) is 16.4. The number of aromatic nitrogens is 1. The van der Waals surface area contributed by atoms with Crippen molar-refractivity contribution in [2.45, 2.75) is 24.0 Å². The predicted molar refractivity (Wildman–Crippen MR) is 130 cm³/mol. The van der Waals surface area contributed by atoms with E-state index in [9.17, 15) is 8.42 Å². The molecule has 0 spiro atoms. The lowest BCUT2D eigenvalue weighted by atomic mass is 10.00. The standard InChI is InChI=1S/C23H21BrN2O2S2/c1-2-3-13-30(27,28)23-21(25)20-18(15-7-5-4-6-8-15)14-19(26-22(20)29-23)16-9-11-17(24)12-10-16/h4-12,14H,2-3,13,25H2,1H3. The highest BCUT2D eigenvalue weighted by molar-refractivity contribution is 9.10. The number of hydrogen-bond donors (Lipinski definition) is 1. The van der Waals surface area contributed by atoms with Crippen molar-refractivity contribution in [3.05, 3.63) is 65.1 Å². The molecule has 154 valence electrons. The highest BCUT2D eigenvalue weighted by Crippen LogP contribution is 2.43. The summed E-state index contributed by atoms with van der Waals surface area (Å²) in [6.07, 6.45) is 1.42. The average molecular weight is 501 g/mol. The van der Waals surface area contributed by atoms with Gasteiger partial charge in [0.1, 0.15) is 9.04 Å². The lowest BCUT2D eigenvalue weighted by Gasteiger charge is -2.09. The lowest BCUT2D eigenvalue weighted by Crippen LogP contribution is -2.06.